The summed E-state index contributed by atoms with van der Waals surface area (Å²) in [5.74, 6) is -0.545. The van der Waals surface area contributed by atoms with Crippen LogP contribution in [-0.4, -0.2) is 61.3 Å². The van der Waals surface area contributed by atoms with Gasteiger partial charge in [-0.05, 0) is 18.2 Å². The molecular formula is C20H19N3O7S. The number of aromatic nitrogens is 1. The van der Waals surface area contributed by atoms with Crippen LogP contribution in [0.4, 0.5) is 5.69 Å². The van der Waals surface area contributed by atoms with E-state index >= 15 is 0 Å². The third kappa shape index (κ3) is 4.15. The number of carbonyl (C=O) groups is 1. The van der Waals surface area contributed by atoms with Gasteiger partial charge in [-0.25, -0.2) is 8.42 Å². The standard InChI is InChI=1S/C20H19N3O7S/c24-19(16-12-21-17-4-2-1-3-15(16)17)13-30-20-6-5-14(11-18(20)23(25)26)31(27,28)22-7-9-29-10-8-22/h1-6,11-12,21H,7-10,13H2. The summed E-state index contributed by atoms with van der Waals surface area (Å²) in [7, 11) is -3.90. The predicted molar refractivity (Wildman–Crippen MR) is 111 cm³/mol. The molecule has 0 bridgehead atoms. The van der Waals surface area contributed by atoms with E-state index in [-0.39, 0.29) is 42.7 Å². The minimum atomic E-state index is -3.90. The number of fused-ring (bicyclic) bond motifs is 1. The van der Waals surface area contributed by atoms with E-state index in [0.29, 0.717) is 5.56 Å². The highest BCUT2D eigenvalue weighted by Crippen LogP contribution is 2.31. The summed E-state index contributed by atoms with van der Waals surface area (Å²) in [5, 5.41) is 12.3. The van der Waals surface area contributed by atoms with E-state index in [4.69, 9.17) is 9.47 Å². The maximum atomic E-state index is 12.8. The molecule has 0 atom stereocenters. The molecule has 31 heavy (non-hydrogen) atoms. The fourth-order valence-corrected chi connectivity index (χ4v) is 4.81. The second-order valence-corrected chi connectivity index (χ2v) is 8.80. The first-order chi connectivity index (χ1) is 14.9. The fraction of sp³-hybridized carbons (Fsp3) is 0.250. The monoisotopic (exact) mass is 445 g/mol. The topological polar surface area (TPSA) is 132 Å². The molecule has 0 spiro atoms. The summed E-state index contributed by atoms with van der Waals surface area (Å²) < 4.78 is 37.3. The summed E-state index contributed by atoms with van der Waals surface area (Å²) >= 11 is 0. The molecule has 0 unspecified atom stereocenters. The number of morpholine rings is 1. The van der Waals surface area contributed by atoms with Gasteiger partial charge in [0.25, 0.3) is 0 Å². The van der Waals surface area contributed by atoms with E-state index in [1.165, 1.54) is 16.4 Å². The molecule has 1 aromatic heterocycles. The van der Waals surface area contributed by atoms with Crippen LogP contribution in [0.15, 0.2) is 53.6 Å². The number of hydrogen-bond acceptors (Lipinski definition) is 7. The zero-order valence-electron chi connectivity index (χ0n) is 16.3. The van der Waals surface area contributed by atoms with Crippen molar-refractivity contribution < 1.29 is 27.6 Å². The summed E-state index contributed by atoms with van der Waals surface area (Å²) in [6.07, 6.45) is 1.56. The molecule has 0 amide bonds. The lowest BCUT2D eigenvalue weighted by atomic mass is 10.1. The fourth-order valence-electron chi connectivity index (χ4n) is 3.38. The molecule has 3 aromatic rings. The van der Waals surface area contributed by atoms with Crippen molar-refractivity contribution in [2.24, 2.45) is 0 Å². The average molecular weight is 445 g/mol. The van der Waals surface area contributed by atoms with Crippen LogP contribution in [-0.2, 0) is 14.8 Å². The lowest BCUT2D eigenvalue weighted by Gasteiger charge is -2.26. The first-order valence-corrected chi connectivity index (χ1v) is 10.9. The number of Topliss-reactive ketones (excluding diaryl/α,β-unsaturated/α-hetero) is 1. The van der Waals surface area contributed by atoms with Gasteiger partial charge in [0, 0.05) is 41.8 Å². The molecule has 4 rings (SSSR count). The Hall–Kier alpha value is -3.28. The number of H-pyrrole nitrogens is 1. The van der Waals surface area contributed by atoms with E-state index in [9.17, 15) is 23.3 Å². The molecule has 11 heteroatoms. The number of nitrogens with zero attached hydrogens (tertiary/aromatic N) is 2. The number of benzene rings is 2. The van der Waals surface area contributed by atoms with E-state index in [1.807, 2.05) is 12.1 Å². The maximum absolute atomic E-state index is 12.8. The summed E-state index contributed by atoms with van der Waals surface area (Å²) in [6, 6.07) is 10.6. The van der Waals surface area contributed by atoms with Crippen LogP contribution in [0.3, 0.4) is 0 Å². The van der Waals surface area contributed by atoms with Gasteiger partial charge < -0.3 is 14.5 Å². The number of para-hydroxylation sites is 1. The van der Waals surface area contributed by atoms with Crippen molar-refractivity contribution in [2.45, 2.75) is 4.90 Å². The third-order valence-corrected chi connectivity index (χ3v) is 6.88. The SMILES string of the molecule is O=C(COc1ccc(S(=O)(=O)N2CCOCC2)cc1[N+](=O)[O-])c1c[nH]c2ccccc12. The van der Waals surface area contributed by atoms with E-state index in [2.05, 4.69) is 4.98 Å². The second kappa shape index (κ2) is 8.46. The Bertz CT molecular complexity index is 1250. The molecule has 1 aliphatic rings. The molecule has 10 nitrogen and oxygen atoms in total. The van der Waals surface area contributed by atoms with Crippen LogP contribution >= 0.6 is 0 Å². The van der Waals surface area contributed by atoms with Crippen molar-refractivity contribution in [2.75, 3.05) is 32.9 Å². The van der Waals surface area contributed by atoms with Gasteiger partial charge in [-0.2, -0.15) is 4.31 Å². The van der Waals surface area contributed by atoms with Gasteiger partial charge in [0.2, 0.25) is 15.8 Å². The quantitative estimate of drug-likeness (QED) is 0.335. The van der Waals surface area contributed by atoms with Crippen molar-refractivity contribution in [3.8, 4) is 5.75 Å². The number of nitro benzene ring substituents is 1. The average Bonchev–Trinajstić information content (AvgIpc) is 3.22. The number of ketones is 1. The number of carbonyl (C=O) groups excluding carboxylic acids is 1. The molecule has 1 saturated heterocycles. The Morgan fingerprint density at radius 2 is 1.94 bits per heavy atom. The Morgan fingerprint density at radius 3 is 2.68 bits per heavy atom. The van der Waals surface area contributed by atoms with Gasteiger partial charge >= 0.3 is 5.69 Å². The molecule has 1 N–H and O–H groups in total. The van der Waals surface area contributed by atoms with Gasteiger partial charge in [0.1, 0.15) is 0 Å². The zero-order valence-corrected chi connectivity index (χ0v) is 17.1. The van der Waals surface area contributed by atoms with Gasteiger partial charge in [-0.3, -0.25) is 14.9 Å². The highest BCUT2D eigenvalue weighted by Gasteiger charge is 2.29. The molecule has 0 aliphatic carbocycles. The van der Waals surface area contributed by atoms with E-state index in [1.54, 1.807) is 18.3 Å². The lowest BCUT2D eigenvalue weighted by Crippen LogP contribution is -2.40. The minimum absolute atomic E-state index is 0.174. The molecule has 2 aromatic carbocycles. The van der Waals surface area contributed by atoms with E-state index < -0.39 is 27.2 Å². The van der Waals surface area contributed by atoms with Crippen LogP contribution in [0.1, 0.15) is 10.4 Å². The van der Waals surface area contributed by atoms with E-state index in [0.717, 1.165) is 17.0 Å². The number of rotatable bonds is 7. The largest absolute Gasteiger partial charge is 0.478 e. The minimum Gasteiger partial charge on any atom is -0.478 e. The van der Waals surface area contributed by atoms with Gasteiger partial charge in [0.15, 0.2) is 12.4 Å². The van der Waals surface area contributed by atoms with Gasteiger partial charge in [-0.15, -0.1) is 0 Å². The smallest absolute Gasteiger partial charge is 0.312 e. The maximum Gasteiger partial charge on any atom is 0.312 e. The Morgan fingerprint density at radius 1 is 1.19 bits per heavy atom. The van der Waals surface area contributed by atoms with Crippen molar-refractivity contribution in [1.29, 1.82) is 0 Å². The highest BCUT2D eigenvalue weighted by molar-refractivity contribution is 7.89. The Kier molecular flexibility index (Phi) is 5.72. The Balaban J connectivity index is 1.56. The van der Waals surface area contributed by atoms with Crippen molar-refractivity contribution in [1.82, 2.24) is 9.29 Å². The van der Waals surface area contributed by atoms with Crippen LogP contribution in [0, 0.1) is 10.1 Å². The number of hydrogen-bond donors (Lipinski definition) is 1. The third-order valence-electron chi connectivity index (χ3n) is 4.98. The van der Waals surface area contributed by atoms with Crippen molar-refractivity contribution >= 4 is 32.4 Å². The van der Waals surface area contributed by atoms with Gasteiger partial charge in [-0.1, -0.05) is 18.2 Å². The zero-order chi connectivity index (χ0) is 22.0. The molecule has 2 heterocycles. The first kappa shape index (κ1) is 21.0. The molecule has 162 valence electrons. The molecule has 1 fully saturated rings. The molecular weight excluding hydrogens is 426 g/mol. The number of ether oxygens (including phenoxy) is 2. The van der Waals surface area contributed by atoms with Crippen LogP contribution < -0.4 is 4.74 Å². The van der Waals surface area contributed by atoms with Crippen molar-refractivity contribution in [3.63, 3.8) is 0 Å². The Labute approximate surface area is 177 Å². The predicted octanol–water partition coefficient (Wildman–Crippen LogP) is 2.36. The molecule has 0 saturated carbocycles. The number of nitro groups is 1. The molecule has 1 aliphatic heterocycles. The molecule has 0 radical (unpaired) electrons. The summed E-state index contributed by atoms with van der Waals surface area (Å²) in [4.78, 5) is 26.2. The number of sulfonamides is 1. The summed E-state index contributed by atoms with van der Waals surface area (Å²) in [5.41, 5.74) is 0.667. The first-order valence-electron chi connectivity index (χ1n) is 9.46. The van der Waals surface area contributed by atoms with Gasteiger partial charge in [0.05, 0.1) is 23.0 Å². The second-order valence-electron chi connectivity index (χ2n) is 6.86. The number of aromatic amines is 1. The number of nitrogens with one attached hydrogen (secondary N) is 1. The summed E-state index contributed by atoms with van der Waals surface area (Å²) in [6.45, 7) is 0.441. The normalized spacial score (nSPS) is 15.1. The van der Waals surface area contributed by atoms with Crippen LogP contribution in [0.5, 0.6) is 5.75 Å². The van der Waals surface area contributed by atoms with Crippen LogP contribution in [0.2, 0.25) is 0 Å². The highest BCUT2D eigenvalue weighted by atomic mass is 32.2. The van der Waals surface area contributed by atoms with Crippen LogP contribution in [0.25, 0.3) is 10.9 Å². The lowest BCUT2D eigenvalue weighted by molar-refractivity contribution is -0.386. The van der Waals surface area contributed by atoms with Crippen molar-refractivity contribution in [3.05, 3.63) is 64.3 Å².